The Labute approximate surface area is 120 Å². The lowest BCUT2D eigenvalue weighted by molar-refractivity contribution is 0.457. The van der Waals surface area contributed by atoms with Gasteiger partial charge in [0.2, 0.25) is 0 Å². The molecule has 5 nitrogen and oxygen atoms in total. The van der Waals surface area contributed by atoms with Crippen LogP contribution in [0.5, 0.6) is 0 Å². The van der Waals surface area contributed by atoms with Crippen molar-refractivity contribution in [2.45, 2.75) is 59.4 Å². The Morgan fingerprint density at radius 3 is 2.05 bits per heavy atom. The normalized spacial score (nSPS) is 23.5. The lowest BCUT2D eigenvalue weighted by Gasteiger charge is -2.14. The number of aromatic nitrogens is 2. The monoisotopic (exact) mass is 275 g/mol. The first kappa shape index (κ1) is 13.6. The molecule has 5 heteroatoms. The summed E-state index contributed by atoms with van der Waals surface area (Å²) in [5, 5.41) is 3.62. The first-order chi connectivity index (χ1) is 9.29. The Balaban J connectivity index is 1.91. The number of anilines is 2. The van der Waals surface area contributed by atoms with Crippen molar-refractivity contribution in [3.63, 3.8) is 0 Å². The van der Waals surface area contributed by atoms with Crippen LogP contribution in [0, 0.1) is 17.8 Å². The van der Waals surface area contributed by atoms with Gasteiger partial charge >= 0.3 is 0 Å². The van der Waals surface area contributed by atoms with E-state index in [0.29, 0.717) is 12.0 Å². The predicted octanol–water partition coefficient (Wildman–Crippen LogP) is 2.79. The molecule has 0 aliphatic heterocycles. The van der Waals surface area contributed by atoms with E-state index >= 15 is 0 Å². The van der Waals surface area contributed by atoms with Crippen LogP contribution in [0.1, 0.15) is 57.8 Å². The van der Waals surface area contributed by atoms with Gasteiger partial charge in [0, 0.05) is 17.5 Å². The summed E-state index contributed by atoms with van der Waals surface area (Å²) >= 11 is 0. The molecule has 2 aliphatic rings. The van der Waals surface area contributed by atoms with Crippen molar-refractivity contribution in [2.24, 2.45) is 16.7 Å². The number of nitrogen functional groups attached to an aromatic ring is 1. The van der Waals surface area contributed by atoms with Gasteiger partial charge in [0.25, 0.3) is 0 Å². The number of hydrogen-bond acceptors (Lipinski definition) is 5. The van der Waals surface area contributed by atoms with Crippen LogP contribution in [0.15, 0.2) is 0 Å². The lowest BCUT2D eigenvalue weighted by Crippen LogP contribution is -2.17. The van der Waals surface area contributed by atoms with Crippen molar-refractivity contribution in [3.05, 3.63) is 11.4 Å². The fourth-order valence-corrected chi connectivity index (χ4v) is 3.03. The van der Waals surface area contributed by atoms with Gasteiger partial charge in [-0.05, 0) is 30.6 Å². The molecule has 1 aromatic rings. The predicted molar refractivity (Wildman–Crippen MR) is 81.5 cm³/mol. The summed E-state index contributed by atoms with van der Waals surface area (Å²) in [5.41, 5.74) is 4.25. The molecule has 4 N–H and O–H groups in total. The van der Waals surface area contributed by atoms with Gasteiger partial charge in [-0.1, -0.05) is 27.7 Å². The van der Waals surface area contributed by atoms with E-state index in [2.05, 4.69) is 43.4 Å². The smallest absolute Gasteiger partial charge is 0.148 e. The van der Waals surface area contributed by atoms with E-state index in [4.69, 9.17) is 10.8 Å². The van der Waals surface area contributed by atoms with Gasteiger partial charge in [-0.15, -0.1) is 0 Å². The molecule has 0 radical (unpaired) electrons. The third-order valence-electron chi connectivity index (χ3n) is 5.54. The summed E-state index contributed by atoms with van der Waals surface area (Å²) in [6.07, 6.45) is 2.37. The highest BCUT2D eigenvalue weighted by Crippen LogP contribution is 2.63. The zero-order valence-corrected chi connectivity index (χ0v) is 13.0. The fourth-order valence-electron chi connectivity index (χ4n) is 3.03. The SMILES string of the molecule is Cc1c(NN)nc(C2CC2)nc1NC1C(C)(C)C1(C)C. The van der Waals surface area contributed by atoms with Crippen LogP contribution >= 0.6 is 0 Å². The minimum Gasteiger partial charge on any atom is -0.366 e. The van der Waals surface area contributed by atoms with Gasteiger partial charge in [0.1, 0.15) is 17.5 Å². The molecule has 20 heavy (non-hydrogen) atoms. The molecule has 0 spiro atoms. The molecule has 2 aliphatic carbocycles. The molecule has 0 aromatic carbocycles. The summed E-state index contributed by atoms with van der Waals surface area (Å²) in [6, 6.07) is 0.432. The van der Waals surface area contributed by atoms with E-state index in [1.165, 1.54) is 12.8 Å². The molecular weight excluding hydrogens is 250 g/mol. The zero-order chi connectivity index (χ0) is 14.7. The first-order valence-electron chi connectivity index (χ1n) is 7.40. The van der Waals surface area contributed by atoms with E-state index in [0.717, 1.165) is 23.0 Å². The molecule has 0 unspecified atom stereocenters. The largest absolute Gasteiger partial charge is 0.366 e. The second kappa shape index (κ2) is 4.07. The third kappa shape index (κ3) is 1.87. The van der Waals surface area contributed by atoms with E-state index < -0.39 is 0 Å². The highest BCUT2D eigenvalue weighted by atomic mass is 15.3. The van der Waals surface area contributed by atoms with Gasteiger partial charge < -0.3 is 10.7 Å². The van der Waals surface area contributed by atoms with E-state index in [-0.39, 0.29) is 10.8 Å². The Kier molecular flexibility index (Phi) is 2.77. The summed E-state index contributed by atoms with van der Waals surface area (Å²) in [7, 11) is 0. The van der Waals surface area contributed by atoms with Crippen molar-refractivity contribution >= 4 is 11.6 Å². The van der Waals surface area contributed by atoms with Crippen LogP contribution < -0.4 is 16.6 Å². The van der Waals surface area contributed by atoms with E-state index in [1.54, 1.807) is 0 Å². The minimum atomic E-state index is 0.278. The average Bonchev–Trinajstić information content (AvgIpc) is 3.26. The molecule has 3 rings (SSSR count). The molecule has 110 valence electrons. The Morgan fingerprint density at radius 1 is 1.05 bits per heavy atom. The third-order valence-corrected chi connectivity index (χ3v) is 5.54. The Bertz CT molecular complexity index is 531. The summed E-state index contributed by atoms with van der Waals surface area (Å²) in [4.78, 5) is 9.26. The van der Waals surface area contributed by atoms with Gasteiger partial charge in [0.15, 0.2) is 0 Å². The number of nitrogens with one attached hydrogen (secondary N) is 2. The highest BCUT2D eigenvalue weighted by Gasteiger charge is 2.65. The molecular formula is C15H25N5. The van der Waals surface area contributed by atoms with Crippen molar-refractivity contribution < 1.29 is 0 Å². The number of hydrazine groups is 1. The molecule has 0 atom stereocenters. The molecule has 2 saturated carbocycles. The molecule has 0 saturated heterocycles. The maximum Gasteiger partial charge on any atom is 0.148 e. The lowest BCUT2D eigenvalue weighted by atomic mass is 10.0. The van der Waals surface area contributed by atoms with Crippen LogP contribution in [-0.4, -0.2) is 16.0 Å². The fraction of sp³-hybridized carbons (Fsp3) is 0.733. The highest BCUT2D eigenvalue weighted by molar-refractivity contribution is 5.59. The average molecular weight is 275 g/mol. The van der Waals surface area contributed by atoms with Crippen LogP contribution in [-0.2, 0) is 0 Å². The van der Waals surface area contributed by atoms with Gasteiger partial charge in [-0.25, -0.2) is 15.8 Å². The maximum absolute atomic E-state index is 5.59. The minimum absolute atomic E-state index is 0.278. The molecule has 2 fully saturated rings. The standard InChI is InChI=1S/C15H25N5/c1-8-10(19-13-14(2,3)15(13,4)5)17-12(9-6-7-9)18-11(8)20-16/h9,13H,6-7,16H2,1-5H3,(H2,17,18,19,20). The summed E-state index contributed by atoms with van der Waals surface area (Å²) < 4.78 is 0. The topological polar surface area (TPSA) is 75.9 Å². The summed E-state index contributed by atoms with van der Waals surface area (Å²) in [6.45, 7) is 11.2. The van der Waals surface area contributed by atoms with Crippen molar-refractivity contribution in [3.8, 4) is 0 Å². The maximum atomic E-state index is 5.59. The molecule has 0 bridgehead atoms. The van der Waals surface area contributed by atoms with E-state index in [9.17, 15) is 0 Å². The molecule has 1 aromatic heterocycles. The number of rotatable bonds is 4. The van der Waals surface area contributed by atoms with Crippen molar-refractivity contribution in [1.82, 2.24) is 9.97 Å². The van der Waals surface area contributed by atoms with Gasteiger partial charge in [0.05, 0.1) is 0 Å². The zero-order valence-electron chi connectivity index (χ0n) is 13.0. The van der Waals surface area contributed by atoms with Crippen LogP contribution in [0.25, 0.3) is 0 Å². The van der Waals surface area contributed by atoms with Gasteiger partial charge in [-0.3, -0.25) is 0 Å². The number of hydrogen-bond donors (Lipinski definition) is 3. The number of nitrogens with two attached hydrogens (primary N) is 1. The Morgan fingerprint density at radius 2 is 1.60 bits per heavy atom. The van der Waals surface area contributed by atoms with Crippen LogP contribution in [0.3, 0.4) is 0 Å². The van der Waals surface area contributed by atoms with Crippen LogP contribution in [0.4, 0.5) is 11.6 Å². The first-order valence-corrected chi connectivity index (χ1v) is 7.40. The molecule has 1 heterocycles. The van der Waals surface area contributed by atoms with Gasteiger partial charge in [-0.2, -0.15) is 0 Å². The number of nitrogens with zero attached hydrogens (tertiary/aromatic N) is 2. The Hall–Kier alpha value is -1.36. The summed E-state index contributed by atoms with van der Waals surface area (Å²) in [5.74, 6) is 8.70. The second-order valence-electron chi connectivity index (χ2n) is 7.34. The quantitative estimate of drug-likeness (QED) is 0.582. The van der Waals surface area contributed by atoms with Crippen molar-refractivity contribution in [2.75, 3.05) is 10.7 Å². The molecule has 0 amide bonds. The second-order valence-corrected chi connectivity index (χ2v) is 7.34. The van der Waals surface area contributed by atoms with E-state index in [1.807, 2.05) is 6.92 Å². The van der Waals surface area contributed by atoms with Crippen molar-refractivity contribution in [1.29, 1.82) is 0 Å². The van der Waals surface area contributed by atoms with Crippen LogP contribution in [0.2, 0.25) is 0 Å².